The lowest BCUT2D eigenvalue weighted by atomic mass is 10.1. The number of anilines is 1. The zero-order chi connectivity index (χ0) is 10.7. The van der Waals surface area contributed by atoms with E-state index in [0.29, 0.717) is 5.82 Å². The van der Waals surface area contributed by atoms with E-state index in [4.69, 9.17) is 5.11 Å². The summed E-state index contributed by atoms with van der Waals surface area (Å²) in [4.78, 5) is 27.2. The van der Waals surface area contributed by atoms with E-state index in [-0.39, 0.29) is 5.56 Å². The summed E-state index contributed by atoms with van der Waals surface area (Å²) in [6.07, 6.45) is 1.51. The molecule has 0 spiro atoms. The summed E-state index contributed by atoms with van der Waals surface area (Å²) in [5.74, 6) is -2.05. The molecule has 0 saturated heterocycles. The van der Waals surface area contributed by atoms with Gasteiger partial charge in [-0.15, -0.1) is 0 Å². The minimum absolute atomic E-state index is 0.102. The predicted molar refractivity (Wildman–Crippen MR) is 50.5 cm³/mol. The Morgan fingerprint density at radius 3 is 2.57 bits per heavy atom. The van der Waals surface area contributed by atoms with Crippen LogP contribution in [0.5, 0.6) is 0 Å². The van der Waals surface area contributed by atoms with E-state index in [2.05, 4.69) is 4.98 Å². The molecule has 0 fully saturated rings. The number of carbonyl (C=O) groups is 2. The largest absolute Gasteiger partial charge is 0.475 e. The van der Waals surface area contributed by atoms with Crippen molar-refractivity contribution in [2.45, 2.75) is 0 Å². The molecule has 1 heterocycles. The van der Waals surface area contributed by atoms with Crippen molar-refractivity contribution in [3.05, 3.63) is 23.9 Å². The van der Waals surface area contributed by atoms with E-state index < -0.39 is 11.8 Å². The smallest absolute Gasteiger partial charge is 0.377 e. The van der Waals surface area contributed by atoms with Crippen molar-refractivity contribution in [3.63, 3.8) is 0 Å². The first-order valence-corrected chi connectivity index (χ1v) is 3.94. The van der Waals surface area contributed by atoms with Crippen LogP contribution in [-0.2, 0) is 4.79 Å². The summed E-state index contributed by atoms with van der Waals surface area (Å²) in [7, 11) is 3.39. The molecule has 0 aromatic carbocycles. The van der Waals surface area contributed by atoms with E-state index in [9.17, 15) is 9.59 Å². The highest BCUT2D eigenvalue weighted by molar-refractivity contribution is 6.41. The number of nitrogens with zero attached hydrogens (tertiary/aromatic N) is 2. The lowest BCUT2D eigenvalue weighted by Gasteiger charge is -2.13. The van der Waals surface area contributed by atoms with Crippen LogP contribution in [0, 0.1) is 0 Å². The molecule has 5 heteroatoms. The van der Waals surface area contributed by atoms with E-state index in [1.54, 1.807) is 19.0 Å². The topological polar surface area (TPSA) is 70.5 Å². The number of Topliss-reactive ketones (excluding diaryl/α,β-unsaturated/α-hetero) is 1. The first kappa shape index (κ1) is 10.2. The average molecular weight is 194 g/mol. The van der Waals surface area contributed by atoms with Crippen LogP contribution in [0.1, 0.15) is 10.4 Å². The van der Waals surface area contributed by atoms with Crippen LogP contribution in [0.15, 0.2) is 18.3 Å². The highest BCUT2D eigenvalue weighted by Gasteiger charge is 2.19. The van der Waals surface area contributed by atoms with Crippen molar-refractivity contribution < 1.29 is 14.7 Å². The maximum atomic E-state index is 11.2. The van der Waals surface area contributed by atoms with Gasteiger partial charge < -0.3 is 10.0 Å². The first-order valence-electron chi connectivity index (χ1n) is 3.94. The maximum absolute atomic E-state index is 11.2. The Balaban J connectivity index is 3.20. The summed E-state index contributed by atoms with van der Waals surface area (Å²) in [5, 5.41) is 8.55. The second-order valence-corrected chi connectivity index (χ2v) is 2.90. The molecule has 0 amide bonds. The lowest BCUT2D eigenvalue weighted by Crippen LogP contribution is -2.19. The van der Waals surface area contributed by atoms with Crippen LogP contribution >= 0.6 is 0 Å². The third kappa shape index (κ3) is 1.87. The Bertz CT molecular complexity index is 374. The maximum Gasteiger partial charge on any atom is 0.377 e. The summed E-state index contributed by atoms with van der Waals surface area (Å²) < 4.78 is 0. The highest BCUT2D eigenvalue weighted by atomic mass is 16.4. The van der Waals surface area contributed by atoms with Gasteiger partial charge in [0.2, 0.25) is 0 Å². The molecule has 0 atom stereocenters. The van der Waals surface area contributed by atoms with Gasteiger partial charge in [0.25, 0.3) is 5.78 Å². The Kier molecular flexibility index (Phi) is 2.81. The molecule has 1 rings (SSSR count). The zero-order valence-electron chi connectivity index (χ0n) is 7.89. The normalized spacial score (nSPS) is 9.57. The Hall–Kier alpha value is -1.91. The summed E-state index contributed by atoms with van der Waals surface area (Å²) in [5.41, 5.74) is 0.102. The third-order valence-electron chi connectivity index (χ3n) is 1.65. The number of pyridine rings is 1. The highest BCUT2D eigenvalue weighted by Crippen LogP contribution is 2.14. The van der Waals surface area contributed by atoms with Gasteiger partial charge in [0.1, 0.15) is 5.82 Å². The van der Waals surface area contributed by atoms with Crippen molar-refractivity contribution in [2.75, 3.05) is 19.0 Å². The zero-order valence-corrected chi connectivity index (χ0v) is 7.89. The fourth-order valence-electron chi connectivity index (χ4n) is 1.05. The van der Waals surface area contributed by atoms with Gasteiger partial charge in [0.15, 0.2) is 0 Å². The summed E-state index contributed by atoms with van der Waals surface area (Å²) in [6, 6.07) is 2.97. The quantitative estimate of drug-likeness (QED) is 0.557. The second-order valence-electron chi connectivity index (χ2n) is 2.90. The standard InChI is InChI=1S/C9H10N2O3/c1-11(2)8-6(4-3-5-10-8)7(12)9(13)14/h3-5H,1-2H3,(H,13,14). The number of hydrogen-bond acceptors (Lipinski definition) is 4. The van der Waals surface area contributed by atoms with Crippen LogP contribution in [0.25, 0.3) is 0 Å². The fourth-order valence-corrected chi connectivity index (χ4v) is 1.05. The SMILES string of the molecule is CN(C)c1ncccc1C(=O)C(=O)O. The molecule has 0 radical (unpaired) electrons. The van der Waals surface area contributed by atoms with Crippen molar-refractivity contribution in [2.24, 2.45) is 0 Å². The number of aromatic nitrogens is 1. The van der Waals surface area contributed by atoms with E-state index in [0.717, 1.165) is 0 Å². The molecule has 74 valence electrons. The van der Waals surface area contributed by atoms with Gasteiger partial charge in [-0.3, -0.25) is 4.79 Å². The van der Waals surface area contributed by atoms with Crippen molar-refractivity contribution in [1.29, 1.82) is 0 Å². The van der Waals surface area contributed by atoms with Crippen molar-refractivity contribution in [3.8, 4) is 0 Å². The molecule has 0 aliphatic carbocycles. The number of carboxylic acid groups (broad SMARTS) is 1. The number of carbonyl (C=O) groups excluding carboxylic acids is 1. The van der Waals surface area contributed by atoms with Gasteiger partial charge in [-0.05, 0) is 12.1 Å². The molecule has 0 saturated carbocycles. The minimum atomic E-state index is -1.47. The van der Waals surface area contributed by atoms with Gasteiger partial charge in [0, 0.05) is 20.3 Å². The van der Waals surface area contributed by atoms with Crippen molar-refractivity contribution in [1.82, 2.24) is 4.98 Å². The Labute approximate surface area is 81.0 Å². The van der Waals surface area contributed by atoms with Crippen LogP contribution in [0.2, 0.25) is 0 Å². The molecule has 1 aromatic rings. The number of carboxylic acids is 1. The van der Waals surface area contributed by atoms with E-state index in [1.165, 1.54) is 18.3 Å². The lowest BCUT2D eigenvalue weighted by molar-refractivity contribution is -0.131. The molecule has 5 nitrogen and oxygen atoms in total. The Morgan fingerprint density at radius 2 is 2.07 bits per heavy atom. The molecule has 1 N–H and O–H groups in total. The molecule has 0 unspecified atom stereocenters. The predicted octanol–water partition coefficient (Wildman–Crippen LogP) is 0.415. The fraction of sp³-hybridized carbons (Fsp3) is 0.222. The molecular weight excluding hydrogens is 184 g/mol. The van der Waals surface area contributed by atoms with E-state index in [1.807, 2.05) is 0 Å². The molecular formula is C9H10N2O3. The monoisotopic (exact) mass is 194 g/mol. The van der Waals surface area contributed by atoms with Gasteiger partial charge in [-0.2, -0.15) is 0 Å². The first-order chi connectivity index (χ1) is 6.54. The van der Waals surface area contributed by atoms with Gasteiger partial charge in [-0.25, -0.2) is 9.78 Å². The van der Waals surface area contributed by atoms with Crippen LogP contribution in [-0.4, -0.2) is 35.9 Å². The van der Waals surface area contributed by atoms with Gasteiger partial charge in [-0.1, -0.05) is 0 Å². The Morgan fingerprint density at radius 1 is 1.43 bits per heavy atom. The summed E-state index contributed by atoms with van der Waals surface area (Å²) >= 11 is 0. The number of hydrogen-bond donors (Lipinski definition) is 1. The minimum Gasteiger partial charge on any atom is -0.475 e. The van der Waals surface area contributed by atoms with E-state index >= 15 is 0 Å². The number of ketones is 1. The van der Waals surface area contributed by atoms with Gasteiger partial charge in [0.05, 0.1) is 5.56 Å². The van der Waals surface area contributed by atoms with Crippen LogP contribution in [0.3, 0.4) is 0 Å². The number of aliphatic carboxylic acids is 1. The molecule has 1 aromatic heterocycles. The molecule has 0 bridgehead atoms. The molecule has 0 aliphatic heterocycles. The summed E-state index contributed by atoms with van der Waals surface area (Å²) in [6.45, 7) is 0. The molecule has 0 aliphatic rings. The van der Waals surface area contributed by atoms with Gasteiger partial charge >= 0.3 is 5.97 Å². The second kappa shape index (κ2) is 3.87. The third-order valence-corrected chi connectivity index (χ3v) is 1.65. The average Bonchev–Trinajstić information content (AvgIpc) is 2.16. The molecule has 14 heavy (non-hydrogen) atoms. The van der Waals surface area contributed by atoms with Crippen LogP contribution < -0.4 is 4.90 Å². The number of rotatable bonds is 3. The van der Waals surface area contributed by atoms with Crippen LogP contribution in [0.4, 0.5) is 5.82 Å². The van der Waals surface area contributed by atoms with Crippen molar-refractivity contribution >= 4 is 17.6 Å².